The zero-order chi connectivity index (χ0) is 14.8. The SMILES string of the molecule is CCCC(CCO)CN=C(N)Nc1cccc(OC)c1.I. The smallest absolute Gasteiger partial charge is 0.193 e. The largest absolute Gasteiger partial charge is 0.497 e. The van der Waals surface area contributed by atoms with E-state index >= 15 is 0 Å². The zero-order valence-corrected chi connectivity index (χ0v) is 15.0. The monoisotopic (exact) mass is 407 g/mol. The topological polar surface area (TPSA) is 79.9 Å². The van der Waals surface area contributed by atoms with Crippen molar-refractivity contribution in [1.82, 2.24) is 0 Å². The van der Waals surface area contributed by atoms with Crippen LogP contribution in [-0.2, 0) is 0 Å². The number of benzene rings is 1. The van der Waals surface area contributed by atoms with Gasteiger partial charge in [0.05, 0.1) is 7.11 Å². The maximum Gasteiger partial charge on any atom is 0.193 e. The molecule has 0 fully saturated rings. The first-order valence-corrected chi connectivity index (χ1v) is 7.01. The highest BCUT2D eigenvalue weighted by molar-refractivity contribution is 14.0. The normalized spacial score (nSPS) is 12.4. The van der Waals surface area contributed by atoms with Crippen molar-refractivity contribution in [2.45, 2.75) is 26.2 Å². The van der Waals surface area contributed by atoms with Crippen LogP contribution in [0.1, 0.15) is 26.2 Å². The van der Waals surface area contributed by atoms with E-state index in [0.717, 1.165) is 30.7 Å². The average molecular weight is 407 g/mol. The number of ether oxygens (including phenoxy) is 1. The number of hydrogen-bond acceptors (Lipinski definition) is 3. The summed E-state index contributed by atoms with van der Waals surface area (Å²) in [6.45, 7) is 2.96. The predicted octanol–water partition coefficient (Wildman–Crippen LogP) is 2.84. The zero-order valence-electron chi connectivity index (χ0n) is 12.7. The van der Waals surface area contributed by atoms with E-state index in [9.17, 15) is 0 Å². The van der Waals surface area contributed by atoms with Crippen LogP contribution in [0.15, 0.2) is 29.3 Å². The van der Waals surface area contributed by atoms with Crippen molar-refractivity contribution >= 4 is 35.6 Å². The number of nitrogens with two attached hydrogens (primary N) is 1. The minimum Gasteiger partial charge on any atom is -0.497 e. The van der Waals surface area contributed by atoms with Crippen LogP contribution in [0.5, 0.6) is 5.75 Å². The van der Waals surface area contributed by atoms with Crippen molar-refractivity contribution in [3.8, 4) is 5.75 Å². The first-order chi connectivity index (χ1) is 9.69. The number of nitrogens with one attached hydrogen (secondary N) is 1. The molecule has 0 aliphatic rings. The van der Waals surface area contributed by atoms with Crippen LogP contribution in [0.3, 0.4) is 0 Å². The van der Waals surface area contributed by atoms with Crippen LogP contribution in [0.2, 0.25) is 0 Å². The molecule has 1 unspecified atom stereocenters. The lowest BCUT2D eigenvalue weighted by Crippen LogP contribution is -2.24. The number of anilines is 1. The third-order valence-corrected chi connectivity index (χ3v) is 3.10. The van der Waals surface area contributed by atoms with Crippen molar-refractivity contribution in [1.29, 1.82) is 0 Å². The Morgan fingerprint density at radius 3 is 2.81 bits per heavy atom. The third kappa shape index (κ3) is 8.11. The van der Waals surface area contributed by atoms with E-state index in [-0.39, 0.29) is 30.6 Å². The van der Waals surface area contributed by atoms with Crippen LogP contribution in [-0.4, -0.2) is 31.3 Å². The Morgan fingerprint density at radius 2 is 2.19 bits per heavy atom. The molecular weight excluding hydrogens is 381 g/mol. The molecule has 6 heteroatoms. The van der Waals surface area contributed by atoms with Crippen LogP contribution in [0.25, 0.3) is 0 Å². The molecule has 120 valence electrons. The Labute approximate surface area is 144 Å². The molecule has 0 bridgehead atoms. The van der Waals surface area contributed by atoms with E-state index in [4.69, 9.17) is 15.6 Å². The van der Waals surface area contributed by atoms with Gasteiger partial charge in [0.2, 0.25) is 0 Å². The minimum atomic E-state index is 0. The van der Waals surface area contributed by atoms with E-state index in [1.807, 2.05) is 24.3 Å². The maximum atomic E-state index is 9.01. The second-order valence-electron chi connectivity index (χ2n) is 4.75. The maximum absolute atomic E-state index is 9.01. The van der Waals surface area contributed by atoms with Gasteiger partial charge in [-0.15, -0.1) is 24.0 Å². The Kier molecular flexibility index (Phi) is 11.1. The van der Waals surface area contributed by atoms with E-state index in [0.29, 0.717) is 18.4 Å². The molecule has 0 aromatic heterocycles. The summed E-state index contributed by atoms with van der Waals surface area (Å²) in [5.74, 6) is 1.54. The molecule has 21 heavy (non-hydrogen) atoms. The van der Waals surface area contributed by atoms with Gasteiger partial charge in [-0.2, -0.15) is 0 Å². The van der Waals surface area contributed by atoms with Gasteiger partial charge in [0.15, 0.2) is 5.96 Å². The number of halogens is 1. The molecule has 0 radical (unpaired) electrons. The van der Waals surface area contributed by atoms with Crippen LogP contribution in [0, 0.1) is 5.92 Å². The molecule has 5 nitrogen and oxygen atoms in total. The molecule has 0 amide bonds. The van der Waals surface area contributed by atoms with Crippen LogP contribution >= 0.6 is 24.0 Å². The van der Waals surface area contributed by atoms with Crippen molar-refractivity contribution in [2.24, 2.45) is 16.6 Å². The molecule has 0 heterocycles. The fourth-order valence-electron chi connectivity index (χ4n) is 2.03. The summed E-state index contributed by atoms with van der Waals surface area (Å²) in [5.41, 5.74) is 6.72. The highest BCUT2D eigenvalue weighted by Gasteiger charge is 2.06. The van der Waals surface area contributed by atoms with Gasteiger partial charge < -0.3 is 20.9 Å². The molecule has 1 aromatic rings. The summed E-state index contributed by atoms with van der Waals surface area (Å²) in [5, 5.41) is 12.1. The molecule has 0 saturated carbocycles. The van der Waals surface area contributed by atoms with Gasteiger partial charge in [-0.3, -0.25) is 4.99 Å². The summed E-state index contributed by atoms with van der Waals surface area (Å²) in [6, 6.07) is 7.53. The van der Waals surface area contributed by atoms with Crippen molar-refractivity contribution in [3.05, 3.63) is 24.3 Å². The summed E-state index contributed by atoms with van der Waals surface area (Å²) in [7, 11) is 1.63. The lowest BCUT2D eigenvalue weighted by molar-refractivity contribution is 0.253. The van der Waals surface area contributed by atoms with Gasteiger partial charge in [-0.1, -0.05) is 19.4 Å². The fraction of sp³-hybridized carbons (Fsp3) is 0.533. The van der Waals surface area contributed by atoms with Gasteiger partial charge in [-0.05, 0) is 30.9 Å². The first-order valence-electron chi connectivity index (χ1n) is 7.01. The lowest BCUT2D eigenvalue weighted by Gasteiger charge is -2.13. The van der Waals surface area contributed by atoms with Crippen molar-refractivity contribution in [3.63, 3.8) is 0 Å². The Morgan fingerprint density at radius 1 is 1.43 bits per heavy atom. The van der Waals surface area contributed by atoms with Crippen molar-refractivity contribution < 1.29 is 9.84 Å². The number of nitrogens with zero attached hydrogens (tertiary/aromatic N) is 1. The minimum absolute atomic E-state index is 0. The number of aliphatic hydroxyl groups is 1. The molecule has 0 aliphatic carbocycles. The summed E-state index contributed by atoms with van der Waals surface area (Å²) >= 11 is 0. The predicted molar refractivity (Wildman–Crippen MR) is 98.6 cm³/mol. The van der Waals surface area contributed by atoms with Gasteiger partial charge in [0, 0.05) is 24.9 Å². The summed E-state index contributed by atoms with van der Waals surface area (Å²) < 4.78 is 5.15. The number of guanidine groups is 1. The summed E-state index contributed by atoms with van der Waals surface area (Å²) in [4.78, 5) is 4.34. The molecule has 1 rings (SSSR count). The standard InChI is InChI=1S/C15H25N3O2.HI/c1-3-5-12(8-9-19)11-17-15(16)18-13-6-4-7-14(10-13)20-2;/h4,6-7,10,12,19H,3,5,8-9,11H2,1-2H3,(H3,16,17,18);1H. The van der Waals surface area contributed by atoms with Crippen LogP contribution in [0.4, 0.5) is 5.69 Å². The highest BCUT2D eigenvalue weighted by Crippen LogP contribution is 2.16. The Bertz CT molecular complexity index is 421. The Balaban J connectivity index is 0.00000400. The van der Waals surface area contributed by atoms with Gasteiger partial charge in [0.1, 0.15) is 5.75 Å². The van der Waals surface area contributed by atoms with Gasteiger partial charge in [0.25, 0.3) is 0 Å². The second-order valence-corrected chi connectivity index (χ2v) is 4.75. The quantitative estimate of drug-likeness (QED) is 0.352. The van der Waals surface area contributed by atoms with E-state index in [1.165, 1.54) is 0 Å². The molecule has 0 spiro atoms. The number of rotatable bonds is 8. The van der Waals surface area contributed by atoms with Gasteiger partial charge >= 0.3 is 0 Å². The van der Waals surface area contributed by atoms with E-state index < -0.39 is 0 Å². The third-order valence-electron chi connectivity index (χ3n) is 3.10. The van der Waals surface area contributed by atoms with E-state index in [1.54, 1.807) is 7.11 Å². The molecule has 0 saturated heterocycles. The lowest BCUT2D eigenvalue weighted by atomic mass is 10.0. The van der Waals surface area contributed by atoms with Gasteiger partial charge in [-0.25, -0.2) is 0 Å². The highest BCUT2D eigenvalue weighted by atomic mass is 127. The number of aliphatic hydroxyl groups excluding tert-OH is 1. The molecule has 1 atom stereocenters. The molecular formula is C15H26IN3O2. The second kappa shape index (κ2) is 11.6. The fourth-order valence-corrected chi connectivity index (χ4v) is 2.03. The van der Waals surface area contributed by atoms with Crippen LogP contribution < -0.4 is 15.8 Å². The first kappa shape index (κ1) is 20.0. The number of hydrogen-bond donors (Lipinski definition) is 3. The van der Waals surface area contributed by atoms with E-state index in [2.05, 4.69) is 17.2 Å². The number of aliphatic imine (C=N–C) groups is 1. The average Bonchev–Trinajstić information content (AvgIpc) is 2.45. The molecule has 1 aromatic carbocycles. The molecule has 0 aliphatic heterocycles. The molecule has 4 N–H and O–H groups in total. The number of methoxy groups -OCH3 is 1. The Hall–Kier alpha value is -1.02. The summed E-state index contributed by atoms with van der Waals surface area (Å²) in [6.07, 6.45) is 2.91. The van der Waals surface area contributed by atoms with Crippen molar-refractivity contribution in [2.75, 3.05) is 25.6 Å².